The second-order valence-electron chi connectivity index (χ2n) is 6.72. The van der Waals surface area contributed by atoms with Gasteiger partial charge in [0.2, 0.25) is 5.95 Å². The lowest BCUT2D eigenvalue weighted by Crippen LogP contribution is -2.22. The average Bonchev–Trinajstić information content (AvgIpc) is 2.94. The Morgan fingerprint density at radius 2 is 1.78 bits per heavy atom. The van der Waals surface area contributed by atoms with Gasteiger partial charge in [-0.2, -0.15) is 9.78 Å². The SMILES string of the molecule is CCc1c(C)nc(-n2nc(C)cc2NC(=O)c2cc(C)cc(C)c2)[nH]c1=O. The van der Waals surface area contributed by atoms with Gasteiger partial charge < -0.3 is 5.32 Å². The first kappa shape index (κ1) is 18.6. The summed E-state index contributed by atoms with van der Waals surface area (Å²) in [5.74, 6) is 0.481. The zero-order valence-electron chi connectivity index (χ0n) is 16.2. The minimum absolute atomic E-state index is 0.195. The topological polar surface area (TPSA) is 92.7 Å². The molecule has 0 saturated carbocycles. The second-order valence-corrected chi connectivity index (χ2v) is 6.72. The summed E-state index contributed by atoms with van der Waals surface area (Å²) >= 11 is 0. The van der Waals surface area contributed by atoms with Crippen LogP contribution in [0.3, 0.4) is 0 Å². The highest BCUT2D eigenvalue weighted by Crippen LogP contribution is 2.17. The van der Waals surface area contributed by atoms with E-state index < -0.39 is 0 Å². The number of nitrogens with zero attached hydrogens (tertiary/aromatic N) is 3. The van der Waals surface area contributed by atoms with Crippen LogP contribution in [0.2, 0.25) is 0 Å². The van der Waals surface area contributed by atoms with Gasteiger partial charge in [0.25, 0.3) is 11.5 Å². The zero-order chi connectivity index (χ0) is 19.7. The van der Waals surface area contributed by atoms with E-state index in [1.165, 1.54) is 4.68 Å². The summed E-state index contributed by atoms with van der Waals surface area (Å²) in [7, 11) is 0. The summed E-state index contributed by atoms with van der Waals surface area (Å²) in [5.41, 5.74) is 4.39. The summed E-state index contributed by atoms with van der Waals surface area (Å²) < 4.78 is 1.45. The highest BCUT2D eigenvalue weighted by Gasteiger charge is 2.16. The maximum atomic E-state index is 12.7. The first-order valence-corrected chi connectivity index (χ1v) is 8.85. The first-order valence-electron chi connectivity index (χ1n) is 8.85. The Balaban J connectivity index is 2.00. The van der Waals surface area contributed by atoms with Gasteiger partial charge in [-0.25, -0.2) is 4.98 Å². The molecular weight excluding hydrogens is 342 g/mol. The fourth-order valence-corrected chi connectivity index (χ4v) is 3.16. The highest BCUT2D eigenvalue weighted by atomic mass is 16.1. The van der Waals surface area contributed by atoms with Gasteiger partial charge in [-0.15, -0.1) is 0 Å². The lowest BCUT2D eigenvalue weighted by Gasteiger charge is -2.10. The van der Waals surface area contributed by atoms with Crippen molar-refractivity contribution in [3.8, 4) is 5.95 Å². The zero-order valence-corrected chi connectivity index (χ0v) is 16.2. The van der Waals surface area contributed by atoms with Crippen LogP contribution in [0.15, 0.2) is 29.1 Å². The van der Waals surface area contributed by atoms with Crippen LogP contribution in [0.1, 0.15) is 45.4 Å². The number of hydrogen-bond donors (Lipinski definition) is 2. The third-order valence-corrected chi connectivity index (χ3v) is 4.32. The van der Waals surface area contributed by atoms with Gasteiger partial charge >= 0.3 is 0 Å². The molecule has 1 amide bonds. The number of carbonyl (C=O) groups is 1. The summed E-state index contributed by atoms with van der Waals surface area (Å²) in [6.07, 6.45) is 0.600. The molecule has 1 aromatic carbocycles. The number of carbonyl (C=O) groups excluding carboxylic acids is 1. The fraction of sp³-hybridized carbons (Fsp3) is 0.300. The quantitative estimate of drug-likeness (QED) is 0.743. The largest absolute Gasteiger partial charge is 0.306 e. The smallest absolute Gasteiger partial charge is 0.256 e. The van der Waals surface area contributed by atoms with Crippen molar-refractivity contribution in [1.82, 2.24) is 19.7 Å². The molecule has 0 atom stereocenters. The van der Waals surface area contributed by atoms with Gasteiger partial charge in [-0.05, 0) is 46.2 Å². The van der Waals surface area contributed by atoms with Gasteiger partial charge in [-0.1, -0.05) is 24.1 Å². The van der Waals surface area contributed by atoms with Crippen molar-refractivity contribution in [2.45, 2.75) is 41.0 Å². The molecule has 7 nitrogen and oxygen atoms in total. The van der Waals surface area contributed by atoms with E-state index in [9.17, 15) is 9.59 Å². The van der Waals surface area contributed by atoms with E-state index in [4.69, 9.17) is 0 Å². The minimum atomic E-state index is -0.243. The maximum Gasteiger partial charge on any atom is 0.256 e. The number of rotatable bonds is 4. The van der Waals surface area contributed by atoms with Crippen LogP contribution in [0, 0.1) is 27.7 Å². The van der Waals surface area contributed by atoms with Crippen LogP contribution >= 0.6 is 0 Å². The molecule has 2 heterocycles. The predicted molar refractivity (Wildman–Crippen MR) is 105 cm³/mol. The minimum Gasteiger partial charge on any atom is -0.306 e. The molecule has 2 aromatic heterocycles. The lowest BCUT2D eigenvalue weighted by atomic mass is 10.1. The molecule has 27 heavy (non-hydrogen) atoms. The number of hydrogen-bond acceptors (Lipinski definition) is 4. The van der Waals surface area contributed by atoms with Crippen LogP contribution in [-0.2, 0) is 6.42 Å². The predicted octanol–water partition coefficient (Wildman–Crippen LogP) is 3.00. The molecule has 140 valence electrons. The van der Waals surface area contributed by atoms with E-state index in [0.29, 0.717) is 34.8 Å². The Morgan fingerprint density at radius 3 is 2.37 bits per heavy atom. The van der Waals surface area contributed by atoms with Crippen LogP contribution in [-0.4, -0.2) is 25.7 Å². The maximum absolute atomic E-state index is 12.7. The van der Waals surface area contributed by atoms with E-state index >= 15 is 0 Å². The van der Waals surface area contributed by atoms with Crippen LogP contribution in [0.4, 0.5) is 5.82 Å². The number of aromatic nitrogens is 4. The molecule has 3 rings (SSSR count). The normalized spacial score (nSPS) is 10.9. The lowest BCUT2D eigenvalue weighted by molar-refractivity contribution is 0.102. The standard InChI is InChI=1S/C20H23N5O2/c1-6-16-14(5)21-20(23-19(16)27)25-17(10-13(4)24-25)22-18(26)15-8-11(2)7-12(3)9-15/h7-10H,6H2,1-5H3,(H,22,26)(H,21,23,27). The summed E-state index contributed by atoms with van der Waals surface area (Å²) in [5, 5.41) is 7.24. The molecule has 0 bridgehead atoms. The van der Waals surface area contributed by atoms with Crippen LogP contribution in [0.5, 0.6) is 0 Å². The van der Waals surface area contributed by atoms with Gasteiger partial charge in [0.1, 0.15) is 5.82 Å². The van der Waals surface area contributed by atoms with Gasteiger partial charge in [0.05, 0.1) is 5.69 Å². The van der Waals surface area contributed by atoms with Crippen molar-refractivity contribution in [1.29, 1.82) is 0 Å². The summed E-state index contributed by atoms with van der Waals surface area (Å²) in [4.78, 5) is 32.2. The number of amides is 1. The first-order chi connectivity index (χ1) is 12.8. The molecule has 0 spiro atoms. The molecule has 2 N–H and O–H groups in total. The molecular formula is C20H23N5O2. The highest BCUT2D eigenvalue weighted by molar-refractivity contribution is 6.04. The van der Waals surface area contributed by atoms with Crippen molar-refractivity contribution < 1.29 is 4.79 Å². The Bertz CT molecular complexity index is 1060. The van der Waals surface area contributed by atoms with Gasteiger partial charge in [0, 0.05) is 22.9 Å². The Morgan fingerprint density at radius 1 is 1.11 bits per heavy atom. The van der Waals surface area contributed by atoms with E-state index in [1.807, 2.05) is 45.9 Å². The summed E-state index contributed by atoms with van der Waals surface area (Å²) in [6, 6.07) is 7.41. The van der Waals surface area contributed by atoms with E-state index in [2.05, 4.69) is 20.4 Å². The molecule has 0 radical (unpaired) electrons. The van der Waals surface area contributed by atoms with E-state index in [0.717, 1.165) is 11.1 Å². The van der Waals surface area contributed by atoms with Crippen molar-refractivity contribution in [3.05, 3.63) is 68.3 Å². The molecule has 3 aromatic rings. The number of anilines is 1. The fourth-order valence-electron chi connectivity index (χ4n) is 3.16. The molecule has 0 aliphatic carbocycles. The van der Waals surface area contributed by atoms with Crippen LogP contribution in [0.25, 0.3) is 5.95 Å². The number of nitrogens with one attached hydrogen (secondary N) is 2. The Kier molecular flexibility index (Phi) is 4.94. The van der Waals surface area contributed by atoms with Crippen molar-refractivity contribution in [2.24, 2.45) is 0 Å². The Labute approximate surface area is 157 Å². The third kappa shape index (κ3) is 3.81. The number of benzene rings is 1. The van der Waals surface area contributed by atoms with Crippen molar-refractivity contribution in [2.75, 3.05) is 5.32 Å². The number of aromatic amines is 1. The second kappa shape index (κ2) is 7.19. The average molecular weight is 365 g/mol. The molecule has 0 fully saturated rings. The molecule has 0 aliphatic heterocycles. The Hall–Kier alpha value is -3.22. The van der Waals surface area contributed by atoms with Crippen molar-refractivity contribution >= 4 is 11.7 Å². The number of aryl methyl sites for hydroxylation is 4. The molecule has 0 unspecified atom stereocenters. The van der Waals surface area contributed by atoms with E-state index in [-0.39, 0.29) is 17.4 Å². The molecule has 7 heteroatoms. The third-order valence-electron chi connectivity index (χ3n) is 4.32. The summed E-state index contributed by atoms with van der Waals surface area (Å²) in [6.45, 7) is 9.42. The monoisotopic (exact) mass is 365 g/mol. The van der Waals surface area contributed by atoms with Gasteiger partial charge in [-0.3, -0.25) is 14.6 Å². The molecule has 0 saturated heterocycles. The molecule has 0 aliphatic rings. The number of H-pyrrole nitrogens is 1. The van der Waals surface area contributed by atoms with Crippen molar-refractivity contribution in [3.63, 3.8) is 0 Å². The van der Waals surface area contributed by atoms with Crippen LogP contribution < -0.4 is 10.9 Å². The van der Waals surface area contributed by atoms with E-state index in [1.54, 1.807) is 13.0 Å². The van der Waals surface area contributed by atoms with Gasteiger partial charge in [0.15, 0.2) is 0 Å².